The average molecular weight is 441 g/mol. The Labute approximate surface area is 197 Å². The topological polar surface area (TPSA) is 35.6 Å². The van der Waals surface area contributed by atoms with Crippen molar-refractivity contribution in [1.82, 2.24) is 19.1 Å². The van der Waals surface area contributed by atoms with E-state index in [1.54, 1.807) is 0 Å². The summed E-state index contributed by atoms with van der Waals surface area (Å²) in [5, 5.41) is 2.45. The van der Waals surface area contributed by atoms with Crippen LogP contribution in [0.25, 0.3) is 50.8 Å². The van der Waals surface area contributed by atoms with Crippen LogP contribution in [0.15, 0.2) is 79.4 Å². The van der Waals surface area contributed by atoms with Crippen LogP contribution in [0, 0.1) is 11.8 Å². The quantitative estimate of drug-likeness (QED) is 0.280. The second-order valence-electron chi connectivity index (χ2n) is 10.0. The summed E-state index contributed by atoms with van der Waals surface area (Å²) in [7, 11) is 0. The molecule has 0 bridgehead atoms. The number of rotatable bonds is 4. The van der Waals surface area contributed by atoms with Crippen LogP contribution in [0.5, 0.6) is 0 Å². The zero-order valence-electron chi connectivity index (χ0n) is 18.8. The van der Waals surface area contributed by atoms with E-state index in [0.29, 0.717) is 11.8 Å². The van der Waals surface area contributed by atoms with Gasteiger partial charge in [-0.25, -0.2) is 9.97 Å². The lowest BCUT2D eigenvalue weighted by molar-refractivity contribution is 0.998. The first-order valence-electron chi connectivity index (χ1n) is 12.3. The maximum absolute atomic E-state index is 4.80. The van der Waals surface area contributed by atoms with Crippen LogP contribution in [0.1, 0.15) is 36.3 Å². The predicted molar refractivity (Wildman–Crippen MR) is 139 cm³/mol. The van der Waals surface area contributed by atoms with E-state index >= 15 is 0 Å². The molecule has 0 amide bonds. The summed E-state index contributed by atoms with van der Waals surface area (Å²) in [5.74, 6) is 2.12. The van der Waals surface area contributed by atoms with Crippen LogP contribution in [-0.4, -0.2) is 19.1 Å². The van der Waals surface area contributed by atoms with Crippen LogP contribution in [0.3, 0.4) is 0 Å². The molecule has 5 aromatic rings. The molecule has 164 valence electrons. The molecule has 2 fully saturated rings. The number of nitrogens with zero attached hydrogens (tertiary/aromatic N) is 4. The summed E-state index contributed by atoms with van der Waals surface area (Å²) in [4.78, 5) is 9.46. The highest BCUT2D eigenvalue weighted by Gasteiger charge is 2.39. The van der Waals surface area contributed by atoms with Crippen LogP contribution in [0.2, 0.25) is 0 Å². The van der Waals surface area contributed by atoms with Crippen molar-refractivity contribution >= 4 is 50.8 Å². The zero-order chi connectivity index (χ0) is 22.2. The van der Waals surface area contributed by atoms with Gasteiger partial charge in [0.1, 0.15) is 6.33 Å². The average Bonchev–Trinajstić information content (AvgIpc) is 3.77. The molecule has 0 N–H and O–H groups in total. The Morgan fingerprint density at radius 2 is 1.74 bits per heavy atom. The minimum Gasteiger partial charge on any atom is -0.306 e. The first-order chi connectivity index (χ1) is 16.8. The van der Waals surface area contributed by atoms with Crippen LogP contribution >= 0.6 is 0 Å². The Morgan fingerprint density at radius 1 is 0.912 bits per heavy atom. The van der Waals surface area contributed by atoms with Gasteiger partial charge < -0.3 is 4.57 Å². The molecular formula is C30H24N4. The molecule has 34 heavy (non-hydrogen) atoms. The molecule has 2 unspecified atom stereocenters. The molecular weight excluding hydrogens is 416 g/mol. The third-order valence-corrected chi connectivity index (χ3v) is 7.67. The highest BCUT2D eigenvalue weighted by atomic mass is 15.1. The number of hydrogen-bond donors (Lipinski definition) is 0. The van der Waals surface area contributed by atoms with Gasteiger partial charge in [0.15, 0.2) is 0 Å². The van der Waals surface area contributed by atoms with Gasteiger partial charge in [0, 0.05) is 11.9 Å². The number of allylic oxidation sites excluding steroid dienone is 4. The van der Waals surface area contributed by atoms with Gasteiger partial charge in [-0.15, -0.1) is 0 Å². The maximum Gasteiger partial charge on any atom is 0.100 e. The smallest absolute Gasteiger partial charge is 0.100 e. The molecule has 2 aromatic heterocycles. The summed E-state index contributed by atoms with van der Waals surface area (Å²) in [6, 6.07) is 17.5. The standard InChI is InChI=1S/C30H24N4/c1-2-4-21-14-29-27(13-20(21)3-1)31-17-33(29)10-9-24(11-19-5-6-19)34-18-32-28-16-26-23(15-30(28)34)8-7-22-12-25(22)26/h1-4,7-11,13-19,22,25H,5-6,12H2/b10-9+,24-11+. The van der Waals surface area contributed by atoms with Crippen molar-refractivity contribution in [1.29, 1.82) is 0 Å². The van der Waals surface area contributed by atoms with Crippen molar-refractivity contribution in [2.75, 3.05) is 0 Å². The van der Waals surface area contributed by atoms with Crippen molar-refractivity contribution in [3.05, 3.63) is 90.5 Å². The summed E-state index contributed by atoms with van der Waals surface area (Å²) in [6.07, 6.45) is 19.2. The van der Waals surface area contributed by atoms with E-state index in [9.17, 15) is 0 Å². The molecule has 4 heteroatoms. The molecule has 2 heterocycles. The molecule has 0 saturated heterocycles. The summed E-state index contributed by atoms with van der Waals surface area (Å²) in [5.41, 5.74) is 8.42. The number of fused-ring (bicyclic) bond motifs is 6. The second-order valence-corrected chi connectivity index (χ2v) is 10.0. The Bertz CT molecular complexity index is 1710. The van der Waals surface area contributed by atoms with Crippen molar-refractivity contribution in [2.45, 2.75) is 25.2 Å². The fourth-order valence-electron chi connectivity index (χ4n) is 5.48. The molecule has 2 atom stereocenters. The molecule has 0 aliphatic heterocycles. The highest BCUT2D eigenvalue weighted by molar-refractivity contribution is 5.96. The summed E-state index contributed by atoms with van der Waals surface area (Å²) in [6.45, 7) is 0. The fourth-order valence-corrected chi connectivity index (χ4v) is 5.48. The molecule has 2 saturated carbocycles. The first-order valence-corrected chi connectivity index (χ1v) is 12.3. The lowest BCUT2D eigenvalue weighted by atomic mass is 9.96. The highest BCUT2D eigenvalue weighted by Crippen LogP contribution is 2.53. The Kier molecular flexibility index (Phi) is 3.70. The van der Waals surface area contributed by atoms with Gasteiger partial charge in [0.2, 0.25) is 0 Å². The fraction of sp³-hybridized carbons (Fsp3) is 0.200. The van der Waals surface area contributed by atoms with E-state index < -0.39 is 0 Å². The summed E-state index contributed by atoms with van der Waals surface area (Å²) < 4.78 is 4.38. The molecule has 0 spiro atoms. The van der Waals surface area contributed by atoms with Crippen LogP contribution in [0.4, 0.5) is 0 Å². The van der Waals surface area contributed by atoms with Gasteiger partial charge in [-0.2, -0.15) is 0 Å². The van der Waals surface area contributed by atoms with Gasteiger partial charge in [0.25, 0.3) is 0 Å². The number of hydrogen-bond acceptors (Lipinski definition) is 2. The van der Waals surface area contributed by atoms with Crippen molar-refractivity contribution < 1.29 is 0 Å². The van der Waals surface area contributed by atoms with Crippen molar-refractivity contribution in [3.8, 4) is 0 Å². The largest absolute Gasteiger partial charge is 0.306 e. The van der Waals surface area contributed by atoms with Gasteiger partial charge >= 0.3 is 0 Å². The van der Waals surface area contributed by atoms with E-state index in [1.165, 1.54) is 52.4 Å². The summed E-state index contributed by atoms with van der Waals surface area (Å²) >= 11 is 0. The minimum atomic E-state index is 0.658. The molecule has 3 aromatic carbocycles. The lowest BCUT2D eigenvalue weighted by Crippen LogP contribution is -1.97. The third-order valence-electron chi connectivity index (χ3n) is 7.67. The molecule has 4 nitrogen and oxygen atoms in total. The van der Waals surface area contributed by atoms with Gasteiger partial charge in [-0.05, 0) is 89.3 Å². The number of imidazole rings is 2. The maximum atomic E-state index is 4.80. The molecule has 8 rings (SSSR count). The third kappa shape index (κ3) is 2.91. The second kappa shape index (κ2) is 6.80. The van der Waals surface area contributed by atoms with E-state index in [2.05, 4.69) is 93.2 Å². The zero-order valence-corrected chi connectivity index (χ0v) is 18.8. The van der Waals surface area contributed by atoms with Crippen LogP contribution < -0.4 is 0 Å². The Hall–Kier alpha value is -3.92. The van der Waals surface area contributed by atoms with Gasteiger partial charge in [-0.3, -0.25) is 4.57 Å². The van der Waals surface area contributed by atoms with Gasteiger partial charge in [-0.1, -0.05) is 42.5 Å². The number of aromatic nitrogens is 4. The van der Waals surface area contributed by atoms with E-state index in [0.717, 1.165) is 22.5 Å². The van der Waals surface area contributed by atoms with Crippen molar-refractivity contribution in [3.63, 3.8) is 0 Å². The van der Waals surface area contributed by atoms with E-state index in [1.807, 2.05) is 12.7 Å². The Morgan fingerprint density at radius 3 is 2.62 bits per heavy atom. The minimum absolute atomic E-state index is 0.658. The van der Waals surface area contributed by atoms with Crippen molar-refractivity contribution in [2.24, 2.45) is 11.8 Å². The number of benzene rings is 3. The molecule has 3 aliphatic carbocycles. The first kappa shape index (κ1) is 18.5. The normalized spacial score (nSPS) is 21.6. The van der Waals surface area contributed by atoms with Crippen LogP contribution in [-0.2, 0) is 0 Å². The van der Waals surface area contributed by atoms with Gasteiger partial charge in [0.05, 0.1) is 28.4 Å². The van der Waals surface area contributed by atoms with E-state index in [4.69, 9.17) is 4.98 Å². The lowest BCUT2D eigenvalue weighted by Gasteiger charge is -2.12. The predicted octanol–water partition coefficient (Wildman–Crippen LogP) is 7.09. The Balaban J connectivity index is 1.22. The molecule has 3 aliphatic rings. The van der Waals surface area contributed by atoms with E-state index in [-0.39, 0.29) is 0 Å². The monoisotopic (exact) mass is 440 g/mol. The molecule has 0 radical (unpaired) electrons. The SMILES string of the molecule is C1=CC2CC2c2cc3ncn(C(/C=C/n4cnc5cc6ccccc6cc54)=C/C4CC4)c3cc21.